The topological polar surface area (TPSA) is 46.5 Å². The number of ether oxygens (including phenoxy) is 1. The first-order valence-electron chi connectivity index (χ1n) is 15.1. The molecule has 0 amide bonds. The van der Waals surface area contributed by atoms with Crippen LogP contribution in [-0.4, -0.2) is 27.9 Å². The van der Waals surface area contributed by atoms with Gasteiger partial charge in [0.15, 0.2) is 5.12 Å². The van der Waals surface area contributed by atoms with Crippen molar-refractivity contribution in [2.24, 2.45) is 46.3 Å². The molecule has 206 valence electrons. The standard InChI is InChI=1S/C32H54O3S/c1-21(2)9-8-10-22(3)27-13-14-28-26-12-11-25-19-32(36-24(5)34,35-20-23(4)33)18-17-30(25,6)29(26)15-16-31(27,28)7/h11,21-23,26-29,33H,8-10,12-20H2,1-7H3/t22-,23?,26?,27-,28?,29?,30+,31-,32-/m1/s1. The fraction of sp³-hybridized carbons (Fsp3) is 0.906. The van der Waals surface area contributed by atoms with E-state index in [2.05, 4.69) is 40.7 Å². The zero-order valence-electron chi connectivity index (χ0n) is 24.3. The van der Waals surface area contributed by atoms with E-state index in [9.17, 15) is 9.90 Å². The van der Waals surface area contributed by atoms with E-state index < -0.39 is 11.0 Å². The Labute approximate surface area is 226 Å². The summed E-state index contributed by atoms with van der Waals surface area (Å²) in [5.41, 5.74) is 2.29. The normalized spacial score (nSPS) is 41.8. The van der Waals surface area contributed by atoms with E-state index >= 15 is 0 Å². The van der Waals surface area contributed by atoms with Crippen molar-refractivity contribution in [1.29, 1.82) is 0 Å². The van der Waals surface area contributed by atoms with Crippen LogP contribution in [0.2, 0.25) is 0 Å². The molecule has 3 fully saturated rings. The molecule has 0 aromatic heterocycles. The molecule has 3 saturated carbocycles. The highest BCUT2D eigenvalue weighted by Gasteiger charge is 2.60. The molecule has 4 unspecified atom stereocenters. The summed E-state index contributed by atoms with van der Waals surface area (Å²) in [5.74, 6) is 5.02. The highest BCUT2D eigenvalue weighted by Crippen LogP contribution is 2.68. The second-order valence-electron chi connectivity index (χ2n) is 14.1. The molecular weight excluding hydrogens is 464 g/mol. The summed E-state index contributed by atoms with van der Waals surface area (Å²) < 4.78 is 6.30. The fourth-order valence-corrected chi connectivity index (χ4v) is 10.5. The fourth-order valence-electron chi connectivity index (χ4n) is 9.40. The van der Waals surface area contributed by atoms with Crippen molar-refractivity contribution in [2.45, 2.75) is 130 Å². The van der Waals surface area contributed by atoms with Crippen molar-refractivity contribution in [3.05, 3.63) is 11.6 Å². The van der Waals surface area contributed by atoms with E-state index in [-0.39, 0.29) is 10.5 Å². The van der Waals surface area contributed by atoms with Crippen LogP contribution in [0.3, 0.4) is 0 Å². The van der Waals surface area contributed by atoms with Gasteiger partial charge in [0.25, 0.3) is 0 Å². The van der Waals surface area contributed by atoms with Crippen LogP contribution < -0.4 is 0 Å². The number of hydrogen-bond donors (Lipinski definition) is 1. The molecule has 3 nitrogen and oxygen atoms in total. The molecule has 0 aromatic rings. The first-order chi connectivity index (χ1) is 16.9. The number of aliphatic hydroxyl groups is 1. The Hall–Kier alpha value is -0.320. The third-order valence-corrected chi connectivity index (χ3v) is 12.4. The number of fused-ring (bicyclic) bond motifs is 5. The number of allylic oxidation sites excluding steroid dienone is 1. The Bertz CT molecular complexity index is 820. The second kappa shape index (κ2) is 11.0. The second-order valence-corrected chi connectivity index (χ2v) is 15.7. The molecule has 0 heterocycles. The van der Waals surface area contributed by atoms with Crippen molar-refractivity contribution in [3.8, 4) is 0 Å². The van der Waals surface area contributed by atoms with Gasteiger partial charge < -0.3 is 9.84 Å². The van der Waals surface area contributed by atoms with E-state index in [0.717, 1.165) is 54.8 Å². The van der Waals surface area contributed by atoms with Crippen molar-refractivity contribution >= 4 is 16.9 Å². The molecule has 0 saturated heterocycles. The lowest BCUT2D eigenvalue weighted by molar-refractivity contribution is -0.110. The minimum Gasteiger partial charge on any atom is -0.391 e. The van der Waals surface area contributed by atoms with Gasteiger partial charge in [-0.05, 0) is 98.2 Å². The maximum Gasteiger partial charge on any atom is 0.188 e. The van der Waals surface area contributed by atoms with Gasteiger partial charge in [-0.1, -0.05) is 77.3 Å². The average Bonchev–Trinajstić information content (AvgIpc) is 3.15. The minimum atomic E-state index is -0.508. The Kier molecular flexibility index (Phi) is 8.80. The van der Waals surface area contributed by atoms with Crippen LogP contribution in [0, 0.1) is 46.3 Å². The summed E-state index contributed by atoms with van der Waals surface area (Å²) in [5, 5.41) is 10.00. The number of aliphatic hydroxyl groups excluding tert-OH is 1. The molecule has 1 N–H and O–H groups in total. The number of carbonyl (C=O) groups excluding carboxylic acids is 1. The molecule has 36 heavy (non-hydrogen) atoms. The summed E-state index contributed by atoms with van der Waals surface area (Å²) in [7, 11) is 0. The maximum atomic E-state index is 12.2. The summed E-state index contributed by atoms with van der Waals surface area (Å²) in [6.07, 6.45) is 15.9. The molecule has 0 radical (unpaired) electrons. The van der Waals surface area contributed by atoms with Gasteiger partial charge in [-0.15, -0.1) is 0 Å². The number of rotatable bonds is 9. The van der Waals surface area contributed by atoms with Crippen LogP contribution in [-0.2, 0) is 9.53 Å². The van der Waals surface area contributed by atoms with Gasteiger partial charge in [-0.25, -0.2) is 0 Å². The zero-order valence-corrected chi connectivity index (χ0v) is 25.1. The van der Waals surface area contributed by atoms with Crippen molar-refractivity contribution in [2.75, 3.05) is 6.61 Å². The molecule has 4 aliphatic rings. The first kappa shape index (κ1) is 28.7. The molecule has 4 rings (SSSR count). The van der Waals surface area contributed by atoms with Gasteiger partial charge in [0.2, 0.25) is 0 Å². The van der Waals surface area contributed by atoms with E-state index in [1.165, 1.54) is 68.7 Å². The van der Waals surface area contributed by atoms with E-state index in [0.29, 0.717) is 12.0 Å². The van der Waals surface area contributed by atoms with Gasteiger partial charge in [0, 0.05) is 13.3 Å². The maximum absolute atomic E-state index is 12.2. The van der Waals surface area contributed by atoms with Crippen LogP contribution in [0.25, 0.3) is 0 Å². The predicted molar refractivity (Wildman–Crippen MR) is 152 cm³/mol. The van der Waals surface area contributed by atoms with E-state index in [1.54, 1.807) is 13.8 Å². The van der Waals surface area contributed by atoms with Crippen LogP contribution in [0.4, 0.5) is 0 Å². The average molecular weight is 519 g/mol. The zero-order chi connectivity index (χ0) is 26.3. The molecule has 4 heteroatoms. The lowest BCUT2D eigenvalue weighted by atomic mass is 9.47. The van der Waals surface area contributed by atoms with Crippen molar-refractivity contribution < 1.29 is 14.6 Å². The molecule has 0 bridgehead atoms. The van der Waals surface area contributed by atoms with Gasteiger partial charge >= 0.3 is 0 Å². The van der Waals surface area contributed by atoms with Crippen LogP contribution in [0.5, 0.6) is 0 Å². The summed E-state index contributed by atoms with van der Waals surface area (Å²) in [4.78, 5) is 11.7. The smallest absolute Gasteiger partial charge is 0.188 e. The lowest BCUT2D eigenvalue weighted by Gasteiger charge is -2.59. The molecule has 4 aliphatic carbocycles. The monoisotopic (exact) mass is 518 g/mol. The molecule has 0 aromatic carbocycles. The van der Waals surface area contributed by atoms with E-state index in [4.69, 9.17) is 4.74 Å². The van der Waals surface area contributed by atoms with Gasteiger partial charge in [0.05, 0.1) is 12.7 Å². The molecule has 0 spiro atoms. The molecule has 9 atom stereocenters. The summed E-state index contributed by atoms with van der Waals surface area (Å²) in [6, 6.07) is 0. The Balaban J connectivity index is 1.50. The Morgan fingerprint density at radius 2 is 1.83 bits per heavy atom. The van der Waals surface area contributed by atoms with Gasteiger partial charge in [-0.2, -0.15) is 0 Å². The summed E-state index contributed by atoms with van der Waals surface area (Å²) in [6.45, 7) is 16.2. The Morgan fingerprint density at radius 3 is 2.50 bits per heavy atom. The summed E-state index contributed by atoms with van der Waals surface area (Å²) >= 11 is 1.36. The third kappa shape index (κ3) is 5.53. The highest BCUT2D eigenvalue weighted by atomic mass is 32.2. The van der Waals surface area contributed by atoms with Crippen LogP contribution in [0.1, 0.15) is 119 Å². The van der Waals surface area contributed by atoms with Crippen molar-refractivity contribution in [3.63, 3.8) is 0 Å². The molecular formula is C32H54O3S. The van der Waals surface area contributed by atoms with Crippen LogP contribution in [0.15, 0.2) is 11.6 Å². The third-order valence-electron chi connectivity index (χ3n) is 11.2. The number of hydrogen-bond acceptors (Lipinski definition) is 4. The lowest BCUT2D eigenvalue weighted by Crippen LogP contribution is -2.52. The Morgan fingerprint density at radius 1 is 1.08 bits per heavy atom. The van der Waals surface area contributed by atoms with Crippen LogP contribution >= 0.6 is 11.8 Å². The van der Waals surface area contributed by atoms with Gasteiger partial charge in [0.1, 0.15) is 4.93 Å². The largest absolute Gasteiger partial charge is 0.391 e. The minimum absolute atomic E-state index is 0.117. The quantitative estimate of drug-likeness (QED) is 0.246. The van der Waals surface area contributed by atoms with Crippen molar-refractivity contribution in [1.82, 2.24) is 0 Å². The number of thioether (sulfide) groups is 1. The van der Waals surface area contributed by atoms with E-state index in [1.807, 2.05) is 0 Å². The highest BCUT2D eigenvalue weighted by molar-refractivity contribution is 8.14. The number of carbonyl (C=O) groups is 1. The molecule has 0 aliphatic heterocycles. The predicted octanol–water partition coefficient (Wildman–Crippen LogP) is 8.40. The SMILES string of the molecule is CC(=O)S[C@]1(OCC(C)O)CC[C@@]2(C)C(=CCC3C2CC[C@@]2(C)C3CC[C@@H]2[C@H](C)CCCC(C)C)C1. The van der Waals surface area contributed by atoms with Gasteiger partial charge in [-0.3, -0.25) is 4.79 Å². The first-order valence-corrected chi connectivity index (χ1v) is 15.9.